The number of carbonyl (C=O) groups excluding carboxylic acids is 2. The lowest BCUT2D eigenvalue weighted by atomic mass is 9.97. The number of benzene rings is 1. The van der Waals surface area contributed by atoms with Crippen molar-refractivity contribution in [3.05, 3.63) is 39.2 Å². The van der Waals surface area contributed by atoms with Gasteiger partial charge in [-0.25, -0.2) is 9.37 Å². The van der Waals surface area contributed by atoms with Crippen molar-refractivity contribution < 1.29 is 14.0 Å². The summed E-state index contributed by atoms with van der Waals surface area (Å²) >= 11 is 4.57. The van der Waals surface area contributed by atoms with Crippen LogP contribution in [0.1, 0.15) is 34.8 Å². The molecule has 4 rings (SSSR count). The number of nitrogens with zero attached hydrogens (tertiary/aromatic N) is 2. The standard InChI is InChI=1S/C18H17BrFN3O2S/c1-8-22-14(16(26-8)10-3-5-13(20)12(19)7-10)18(25)23-11-4-2-9(6-11)15(23)17(21)24/h3,5,7,9,11,15H,2,4,6H2,1H3,(H2,21,24)/t9-,11+,15-/m0/s1. The monoisotopic (exact) mass is 437 g/mol. The first-order valence-electron chi connectivity index (χ1n) is 8.41. The number of primary amides is 1. The van der Waals surface area contributed by atoms with Crippen LogP contribution in [0.2, 0.25) is 0 Å². The maximum atomic E-state index is 13.6. The number of hydrogen-bond acceptors (Lipinski definition) is 4. The number of likely N-dealkylation sites (tertiary alicyclic amines) is 1. The minimum atomic E-state index is -0.559. The first-order valence-corrected chi connectivity index (χ1v) is 10.0. The summed E-state index contributed by atoms with van der Waals surface area (Å²) in [6.45, 7) is 1.82. The third-order valence-electron chi connectivity index (χ3n) is 5.23. The molecule has 1 aromatic carbocycles. The van der Waals surface area contributed by atoms with Crippen molar-refractivity contribution in [3.63, 3.8) is 0 Å². The summed E-state index contributed by atoms with van der Waals surface area (Å²) in [6, 6.07) is 4.11. The van der Waals surface area contributed by atoms with Crippen LogP contribution < -0.4 is 5.73 Å². The Labute approximate surface area is 162 Å². The molecule has 1 saturated carbocycles. The summed E-state index contributed by atoms with van der Waals surface area (Å²) in [5.74, 6) is -0.942. The molecular weight excluding hydrogens is 421 g/mol. The van der Waals surface area contributed by atoms with Crippen LogP contribution in [0.25, 0.3) is 10.4 Å². The normalized spacial score (nSPS) is 24.3. The zero-order valence-corrected chi connectivity index (χ0v) is 16.4. The van der Waals surface area contributed by atoms with Crippen LogP contribution in [0.15, 0.2) is 22.7 Å². The Morgan fingerprint density at radius 2 is 2.15 bits per heavy atom. The Kier molecular flexibility index (Phi) is 4.35. The van der Waals surface area contributed by atoms with Gasteiger partial charge in [-0.15, -0.1) is 11.3 Å². The lowest BCUT2D eigenvalue weighted by molar-refractivity contribution is -0.123. The quantitative estimate of drug-likeness (QED) is 0.797. The zero-order chi connectivity index (χ0) is 18.6. The largest absolute Gasteiger partial charge is 0.368 e. The van der Waals surface area contributed by atoms with E-state index in [9.17, 15) is 14.0 Å². The molecule has 2 fully saturated rings. The van der Waals surface area contributed by atoms with Crippen molar-refractivity contribution >= 4 is 39.1 Å². The topological polar surface area (TPSA) is 76.3 Å². The van der Waals surface area contributed by atoms with Crippen LogP contribution in [-0.2, 0) is 4.79 Å². The molecule has 2 amide bonds. The molecule has 0 radical (unpaired) electrons. The number of fused-ring (bicyclic) bond motifs is 2. The van der Waals surface area contributed by atoms with E-state index >= 15 is 0 Å². The molecule has 0 spiro atoms. The number of thiazole rings is 1. The summed E-state index contributed by atoms with van der Waals surface area (Å²) in [7, 11) is 0. The molecule has 2 aromatic rings. The Morgan fingerprint density at radius 1 is 1.38 bits per heavy atom. The average Bonchev–Trinajstić information content (AvgIpc) is 3.30. The molecule has 8 heteroatoms. The predicted octanol–water partition coefficient (Wildman–Crippen LogP) is 3.50. The molecule has 1 saturated heterocycles. The molecule has 3 atom stereocenters. The van der Waals surface area contributed by atoms with Gasteiger partial charge in [-0.3, -0.25) is 9.59 Å². The molecule has 2 heterocycles. The van der Waals surface area contributed by atoms with Crippen LogP contribution >= 0.6 is 27.3 Å². The molecular formula is C18H17BrFN3O2S. The van der Waals surface area contributed by atoms with Crippen LogP contribution in [0, 0.1) is 18.7 Å². The maximum absolute atomic E-state index is 13.6. The van der Waals surface area contributed by atoms with Gasteiger partial charge in [0, 0.05) is 6.04 Å². The van der Waals surface area contributed by atoms with E-state index in [1.54, 1.807) is 17.0 Å². The number of piperidine rings is 1. The summed E-state index contributed by atoms with van der Waals surface area (Å²) in [5.41, 5.74) is 6.61. The molecule has 26 heavy (non-hydrogen) atoms. The molecule has 1 aliphatic carbocycles. The van der Waals surface area contributed by atoms with E-state index in [1.807, 2.05) is 6.92 Å². The van der Waals surface area contributed by atoms with Gasteiger partial charge in [0.2, 0.25) is 5.91 Å². The first kappa shape index (κ1) is 17.6. The molecule has 1 aromatic heterocycles. The predicted molar refractivity (Wildman–Crippen MR) is 100 cm³/mol. The highest BCUT2D eigenvalue weighted by atomic mass is 79.9. The lowest BCUT2D eigenvalue weighted by Crippen LogP contribution is -2.51. The second-order valence-electron chi connectivity index (χ2n) is 6.83. The summed E-state index contributed by atoms with van der Waals surface area (Å²) in [4.78, 5) is 32.0. The molecule has 5 nitrogen and oxygen atoms in total. The minimum Gasteiger partial charge on any atom is -0.368 e. The molecule has 2 bridgehead atoms. The van der Waals surface area contributed by atoms with Gasteiger partial charge in [-0.05, 0) is 65.7 Å². The van der Waals surface area contributed by atoms with Gasteiger partial charge < -0.3 is 10.6 Å². The number of nitrogens with two attached hydrogens (primary N) is 1. The van der Waals surface area contributed by atoms with Crippen LogP contribution in [0.4, 0.5) is 4.39 Å². The summed E-state index contributed by atoms with van der Waals surface area (Å²) in [6.07, 6.45) is 2.64. The molecule has 2 aliphatic rings. The Morgan fingerprint density at radius 3 is 2.85 bits per heavy atom. The van der Waals surface area contributed by atoms with E-state index in [0.717, 1.165) is 24.3 Å². The number of aryl methyl sites for hydroxylation is 1. The van der Waals surface area contributed by atoms with Crippen molar-refractivity contribution in [1.29, 1.82) is 0 Å². The van der Waals surface area contributed by atoms with Gasteiger partial charge in [0.05, 0.1) is 14.4 Å². The van der Waals surface area contributed by atoms with E-state index in [1.165, 1.54) is 17.4 Å². The second kappa shape index (κ2) is 6.42. The maximum Gasteiger partial charge on any atom is 0.274 e. The van der Waals surface area contributed by atoms with Gasteiger partial charge in [0.1, 0.15) is 17.6 Å². The number of rotatable bonds is 3. The zero-order valence-electron chi connectivity index (χ0n) is 14.0. The molecule has 0 unspecified atom stereocenters. The van der Waals surface area contributed by atoms with E-state index in [0.29, 0.717) is 20.6 Å². The van der Waals surface area contributed by atoms with Crippen molar-refractivity contribution in [1.82, 2.24) is 9.88 Å². The Hall–Kier alpha value is -1.80. The van der Waals surface area contributed by atoms with Crippen LogP contribution in [0.3, 0.4) is 0 Å². The van der Waals surface area contributed by atoms with Crippen LogP contribution in [-0.4, -0.2) is 33.8 Å². The number of aromatic nitrogens is 1. The van der Waals surface area contributed by atoms with E-state index in [4.69, 9.17) is 5.73 Å². The number of halogens is 2. The van der Waals surface area contributed by atoms with Gasteiger partial charge in [0.15, 0.2) is 0 Å². The van der Waals surface area contributed by atoms with E-state index in [-0.39, 0.29) is 23.7 Å². The third kappa shape index (κ3) is 2.75. The van der Waals surface area contributed by atoms with Gasteiger partial charge in [-0.1, -0.05) is 6.07 Å². The highest BCUT2D eigenvalue weighted by Gasteiger charge is 2.51. The fourth-order valence-electron chi connectivity index (χ4n) is 4.17. The SMILES string of the molecule is Cc1nc(C(=O)N2[C@@H]3CC[C@@H](C3)[C@H]2C(N)=O)c(-c2ccc(F)c(Br)c2)s1. The minimum absolute atomic E-state index is 0.0415. The van der Waals surface area contributed by atoms with E-state index in [2.05, 4.69) is 20.9 Å². The highest BCUT2D eigenvalue weighted by molar-refractivity contribution is 9.10. The molecule has 136 valence electrons. The van der Waals surface area contributed by atoms with Gasteiger partial charge >= 0.3 is 0 Å². The van der Waals surface area contributed by atoms with Crippen molar-refractivity contribution in [3.8, 4) is 10.4 Å². The van der Waals surface area contributed by atoms with Crippen molar-refractivity contribution in [2.24, 2.45) is 11.7 Å². The fourth-order valence-corrected chi connectivity index (χ4v) is 5.46. The Balaban J connectivity index is 1.75. The number of hydrogen-bond donors (Lipinski definition) is 1. The Bertz CT molecular complexity index is 916. The molecule has 1 aliphatic heterocycles. The highest BCUT2D eigenvalue weighted by Crippen LogP contribution is 2.44. The first-order chi connectivity index (χ1) is 12.4. The van der Waals surface area contributed by atoms with Crippen molar-refractivity contribution in [2.75, 3.05) is 0 Å². The molecule has 2 N–H and O–H groups in total. The number of carbonyl (C=O) groups is 2. The summed E-state index contributed by atoms with van der Waals surface area (Å²) < 4.78 is 13.9. The van der Waals surface area contributed by atoms with Gasteiger partial charge in [-0.2, -0.15) is 0 Å². The lowest BCUT2D eigenvalue weighted by Gasteiger charge is -2.33. The number of amides is 2. The van der Waals surface area contributed by atoms with Gasteiger partial charge in [0.25, 0.3) is 5.91 Å². The third-order valence-corrected chi connectivity index (χ3v) is 6.86. The van der Waals surface area contributed by atoms with Crippen LogP contribution in [0.5, 0.6) is 0 Å². The second-order valence-corrected chi connectivity index (χ2v) is 8.88. The van der Waals surface area contributed by atoms with E-state index < -0.39 is 11.9 Å². The smallest absolute Gasteiger partial charge is 0.274 e. The average molecular weight is 438 g/mol. The van der Waals surface area contributed by atoms with Crippen molar-refractivity contribution in [2.45, 2.75) is 38.3 Å². The fraction of sp³-hybridized carbons (Fsp3) is 0.389. The summed E-state index contributed by atoms with van der Waals surface area (Å²) in [5, 5.41) is 0.740.